The van der Waals surface area contributed by atoms with Gasteiger partial charge in [0.25, 0.3) is 0 Å². The van der Waals surface area contributed by atoms with E-state index in [9.17, 15) is 4.79 Å². The van der Waals surface area contributed by atoms with Crippen LogP contribution in [-0.2, 0) is 11.3 Å². The molecule has 0 fully saturated rings. The first-order valence-electron chi connectivity index (χ1n) is 8.08. The Kier molecular flexibility index (Phi) is 5.66. The number of halogens is 1. The lowest BCUT2D eigenvalue weighted by molar-refractivity contribution is 0.0465. The van der Waals surface area contributed by atoms with Crippen LogP contribution in [0.1, 0.15) is 15.9 Å². The molecule has 27 heavy (non-hydrogen) atoms. The number of carbonyl (C=O) groups excluding carboxylic acids is 1. The summed E-state index contributed by atoms with van der Waals surface area (Å²) in [7, 11) is 4.54. The topological polar surface area (TPSA) is 66.9 Å². The SMILES string of the molecule is COc1ccc2cc(COC(=O)c3c(OC)cccc3OC)c(Cl)nc2c1. The van der Waals surface area contributed by atoms with Crippen LogP contribution in [0.3, 0.4) is 0 Å². The molecule has 0 saturated carbocycles. The van der Waals surface area contributed by atoms with Gasteiger partial charge in [0.1, 0.15) is 34.6 Å². The molecule has 1 heterocycles. The monoisotopic (exact) mass is 387 g/mol. The molecular weight excluding hydrogens is 370 g/mol. The number of rotatable bonds is 6. The van der Waals surface area contributed by atoms with Crippen LogP contribution < -0.4 is 14.2 Å². The van der Waals surface area contributed by atoms with Gasteiger partial charge in [-0.3, -0.25) is 0 Å². The van der Waals surface area contributed by atoms with Crippen LogP contribution in [0.15, 0.2) is 42.5 Å². The fourth-order valence-electron chi connectivity index (χ4n) is 2.66. The minimum absolute atomic E-state index is 0.0339. The predicted octanol–water partition coefficient (Wildman–Crippen LogP) is 4.27. The second kappa shape index (κ2) is 8.14. The van der Waals surface area contributed by atoms with Crippen molar-refractivity contribution in [3.05, 3.63) is 58.7 Å². The molecule has 0 N–H and O–H groups in total. The van der Waals surface area contributed by atoms with Gasteiger partial charge in [-0.1, -0.05) is 17.7 Å². The van der Waals surface area contributed by atoms with E-state index in [-0.39, 0.29) is 17.3 Å². The molecule has 3 rings (SSSR count). The minimum Gasteiger partial charge on any atom is -0.497 e. The van der Waals surface area contributed by atoms with E-state index >= 15 is 0 Å². The van der Waals surface area contributed by atoms with Crippen LogP contribution in [0.5, 0.6) is 17.2 Å². The van der Waals surface area contributed by atoms with Gasteiger partial charge >= 0.3 is 5.97 Å². The lowest BCUT2D eigenvalue weighted by atomic mass is 10.1. The number of hydrogen-bond donors (Lipinski definition) is 0. The number of carbonyl (C=O) groups is 1. The van der Waals surface area contributed by atoms with Crippen LogP contribution in [0.4, 0.5) is 0 Å². The lowest BCUT2D eigenvalue weighted by Crippen LogP contribution is -2.09. The van der Waals surface area contributed by atoms with E-state index in [4.69, 9.17) is 30.5 Å². The molecule has 0 atom stereocenters. The van der Waals surface area contributed by atoms with Crippen LogP contribution in [0.25, 0.3) is 10.9 Å². The summed E-state index contributed by atoms with van der Waals surface area (Å²) in [5.41, 5.74) is 1.51. The molecule has 6 nitrogen and oxygen atoms in total. The maximum Gasteiger partial charge on any atom is 0.346 e. The first-order chi connectivity index (χ1) is 13.1. The Balaban J connectivity index is 1.85. The molecule has 2 aromatic carbocycles. The highest BCUT2D eigenvalue weighted by Crippen LogP contribution is 2.30. The fourth-order valence-corrected chi connectivity index (χ4v) is 2.86. The molecule has 0 amide bonds. The van der Waals surface area contributed by atoms with Gasteiger partial charge in [-0.25, -0.2) is 9.78 Å². The van der Waals surface area contributed by atoms with Crippen molar-refractivity contribution in [3.8, 4) is 17.2 Å². The average molecular weight is 388 g/mol. The second-order valence-corrected chi connectivity index (χ2v) is 5.97. The van der Waals surface area contributed by atoms with E-state index in [0.29, 0.717) is 28.3 Å². The van der Waals surface area contributed by atoms with Gasteiger partial charge < -0.3 is 18.9 Å². The van der Waals surface area contributed by atoms with Gasteiger partial charge in [0, 0.05) is 17.0 Å². The van der Waals surface area contributed by atoms with Crippen molar-refractivity contribution in [2.75, 3.05) is 21.3 Å². The second-order valence-electron chi connectivity index (χ2n) is 5.61. The van der Waals surface area contributed by atoms with Crippen LogP contribution in [0.2, 0.25) is 5.15 Å². The molecule has 0 aliphatic heterocycles. The number of hydrogen-bond acceptors (Lipinski definition) is 6. The maximum atomic E-state index is 12.6. The molecule has 7 heteroatoms. The molecule has 3 aromatic rings. The Bertz CT molecular complexity index is 967. The fraction of sp³-hybridized carbons (Fsp3) is 0.200. The largest absolute Gasteiger partial charge is 0.497 e. The molecule has 140 valence electrons. The molecule has 0 bridgehead atoms. The highest BCUT2D eigenvalue weighted by molar-refractivity contribution is 6.30. The number of fused-ring (bicyclic) bond motifs is 1. The van der Waals surface area contributed by atoms with Crippen molar-refractivity contribution in [2.24, 2.45) is 0 Å². The summed E-state index contributed by atoms with van der Waals surface area (Å²) in [5, 5.41) is 1.12. The predicted molar refractivity (Wildman–Crippen MR) is 102 cm³/mol. The van der Waals surface area contributed by atoms with Crippen molar-refractivity contribution in [1.29, 1.82) is 0 Å². The zero-order valence-electron chi connectivity index (χ0n) is 15.1. The van der Waals surface area contributed by atoms with Crippen LogP contribution in [-0.4, -0.2) is 32.3 Å². The summed E-state index contributed by atoms with van der Waals surface area (Å²) >= 11 is 6.25. The van der Waals surface area contributed by atoms with Gasteiger partial charge in [0.15, 0.2) is 0 Å². The number of esters is 1. The smallest absolute Gasteiger partial charge is 0.346 e. The Morgan fingerprint density at radius 2 is 1.70 bits per heavy atom. The van der Waals surface area contributed by atoms with Crippen LogP contribution in [0, 0.1) is 0 Å². The van der Waals surface area contributed by atoms with Gasteiger partial charge in [-0.05, 0) is 30.3 Å². The molecule has 0 saturated heterocycles. The van der Waals surface area contributed by atoms with E-state index in [2.05, 4.69) is 4.98 Å². The number of nitrogens with zero attached hydrogens (tertiary/aromatic N) is 1. The zero-order chi connectivity index (χ0) is 19.4. The van der Waals surface area contributed by atoms with Crippen molar-refractivity contribution >= 4 is 28.5 Å². The van der Waals surface area contributed by atoms with Gasteiger partial charge in [0.2, 0.25) is 0 Å². The summed E-state index contributed by atoms with van der Waals surface area (Å²) in [6, 6.07) is 12.4. The summed E-state index contributed by atoms with van der Waals surface area (Å²) in [5.74, 6) is 0.854. The summed E-state index contributed by atoms with van der Waals surface area (Å²) in [6.07, 6.45) is 0. The first-order valence-corrected chi connectivity index (χ1v) is 8.46. The van der Waals surface area contributed by atoms with Crippen molar-refractivity contribution in [3.63, 3.8) is 0 Å². The highest BCUT2D eigenvalue weighted by Gasteiger charge is 2.20. The number of methoxy groups -OCH3 is 3. The number of ether oxygens (including phenoxy) is 4. The number of benzene rings is 2. The molecule has 0 aliphatic carbocycles. The maximum absolute atomic E-state index is 12.6. The van der Waals surface area contributed by atoms with Crippen LogP contribution >= 0.6 is 11.6 Å². The van der Waals surface area contributed by atoms with E-state index in [1.807, 2.05) is 18.2 Å². The van der Waals surface area contributed by atoms with Gasteiger partial charge in [-0.2, -0.15) is 0 Å². The molecule has 1 aromatic heterocycles. The third-order valence-corrected chi connectivity index (χ3v) is 4.37. The standard InChI is InChI=1S/C20H18ClNO5/c1-24-14-8-7-12-9-13(19(21)22-15(12)10-14)11-27-20(23)18-16(25-2)5-4-6-17(18)26-3/h4-10H,11H2,1-3H3. The highest BCUT2D eigenvalue weighted by atomic mass is 35.5. The van der Waals surface area contributed by atoms with Gasteiger partial charge in [-0.15, -0.1) is 0 Å². The molecule has 0 unspecified atom stereocenters. The van der Waals surface area contributed by atoms with Crippen molar-refractivity contribution < 1.29 is 23.7 Å². The Hall–Kier alpha value is -2.99. The summed E-state index contributed by atoms with van der Waals surface area (Å²) in [6.45, 7) is -0.0339. The summed E-state index contributed by atoms with van der Waals surface area (Å²) in [4.78, 5) is 16.9. The number of pyridine rings is 1. The van der Waals surface area contributed by atoms with E-state index < -0.39 is 5.97 Å². The normalized spacial score (nSPS) is 10.5. The van der Waals surface area contributed by atoms with E-state index in [1.54, 1.807) is 31.4 Å². The minimum atomic E-state index is -0.574. The molecule has 0 aliphatic rings. The Morgan fingerprint density at radius 3 is 2.33 bits per heavy atom. The quantitative estimate of drug-likeness (QED) is 0.464. The molecular formula is C20H18ClNO5. The van der Waals surface area contributed by atoms with E-state index in [0.717, 1.165) is 5.39 Å². The lowest BCUT2D eigenvalue weighted by Gasteiger charge is -2.13. The third-order valence-electron chi connectivity index (χ3n) is 4.04. The Morgan fingerprint density at radius 1 is 1.00 bits per heavy atom. The zero-order valence-corrected chi connectivity index (χ0v) is 15.9. The van der Waals surface area contributed by atoms with E-state index in [1.165, 1.54) is 14.2 Å². The first kappa shape index (κ1) is 18.8. The third kappa shape index (κ3) is 3.90. The van der Waals surface area contributed by atoms with Gasteiger partial charge in [0.05, 0.1) is 26.8 Å². The number of aromatic nitrogens is 1. The Labute approximate surface area is 161 Å². The molecule has 0 spiro atoms. The van der Waals surface area contributed by atoms with Crippen molar-refractivity contribution in [1.82, 2.24) is 4.98 Å². The van der Waals surface area contributed by atoms with Crippen molar-refractivity contribution in [2.45, 2.75) is 6.61 Å². The summed E-state index contributed by atoms with van der Waals surface area (Å²) < 4.78 is 21.1. The molecule has 0 radical (unpaired) electrons. The average Bonchev–Trinajstić information content (AvgIpc) is 2.70.